The van der Waals surface area contributed by atoms with Gasteiger partial charge in [0.15, 0.2) is 0 Å². The highest BCUT2D eigenvalue weighted by atomic mass is 16.4. The molecule has 1 atom stereocenters. The summed E-state index contributed by atoms with van der Waals surface area (Å²) in [6.07, 6.45) is 7.43. The summed E-state index contributed by atoms with van der Waals surface area (Å²) in [6, 6.07) is 0.268. The summed E-state index contributed by atoms with van der Waals surface area (Å²) in [4.78, 5) is 24.6. The van der Waals surface area contributed by atoms with Gasteiger partial charge in [0, 0.05) is 25.6 Å². The molecule has 0 bridgehead atoms. The highest BCUT2D eigenvalue weighted by Gasteiger charge is 2.23. The fourth-order valence-corrected chi connectivity index (χ4v) is 2.83. The van der Waals surface area contributed by atoms with E-state index in [2.05, 4.69) is 19.2 Å². The minimum atomic E-state index is -0.726. The Morgan fingerprint density at radius 3 is 2.52 bits per heavy atom. The summed E-state index contributed by atoms with van der Waals surface area (Å²) in [6.45, 7) is 5.74. The standard InChI is InChI=1S/C16H30N2O3/c1-3-4-5-6-13(2)17-16(21)18-11-9-14(10-12-18)7-8-15(19)20/h13-14H,3-12H2,1-2H3,(H,17,21)(H,19,20). The number of carboxylic acids is 1. The van der Waals surface area contributed by atoms with Gasteiger partial charge in [-0.3, -0.25) is 4.79 Å². The number of hydrogen-bond donors (Lipinski definition) is 2. The first kappa shape index (κ1) is 17.8. The third-order valence-corrected chi connectivity index (χ3v) is 4.28. The van der Waals surface area contributed by atoms with Gasteiger partial charge in [0.1, 0.15) is 0 Å². The van der Waals surface area contributed by atoms with Crippen molar-refractivity contribution in [3.05, 3.63) is 0 Å². The molecule has 0 radical (unpaired) electrons. The van der Waals surface area contributed by atoms with E-state index in [0.29, 0.717) is 5.92 Å². The van der Waals surface area contributed by atoms with E-state index in [1.54, 1.807) is 0 Å². The zero-order valence-electron chi connectivity index (χ0n) is 13.4. The first-order valence-corrected chi connectivity index (χ1v) is 8.30. The molecule has 122 valence electrons. The Bertz CT molecular complexity index is 325. The molecule has 0 spiro atoms. The van der Waals surface area contributed by atoms with Crippen LogP contribution in [0.5, 0.6) is 0 Å². The first-order valence-electron chi connectivity index (χ1n) is 8.30. The number of likely N-dealkylation sites (tertiary alicyclic amines) is 1. The van der Waals surface area contributed by atoms with Crippen molar-refractivity contribution in [1.29, 1.82) is 0 Å². The summed E-state index contributed by atoms with van der Waals surface area (Å²) in [5, 5.41) is 11.8. The number of carbonyl (C=O) groups excluding carboxylic acids is 1. The second-order valence-corrected chi connectivity index (χ2v) is 6.21. The predicted molar refractivity (Wildman–Crippen MR) is 83.3 cm³/mol. The van der Waals surface area contributed by atoms with Crippen LogP contribution in [0.3, 0.4) is 0 Å². The molecule has 1 rings (SSSR count). The summed E-state index contributed by atoms with van der Waals surface area (Å²) in [5.41, 5.74) is 0. The highest BCUT2D eigenvalue weighted by Crippen LogP contribution is 2.22. The molecule has 0 aliphatic carbocycles. The second-order valence-electron chi connectivity index (χ2n) is 6.21. The van der Waals surface area contributed by atoms with Crippen LogP contribution < -0.4 is 5.32 Å². The zero-order valence-corrected chi connectivity index (χ0v) is 13.4. The molecule has 2 N–H and O–H groups in total. The molecule has 0 aromatic rings. The number of hydrogen-bond acceptors (Lipinski definition) is 2. The maximum atomic E-state index is 12.1. The summed E-state index contributed by atoms with van der Waals surface area (Å²) >= 11 is 0. The molecule has 1 unspecified atom stereocenters. The zero-order chi connectivity index (χ0) is 15.7. The van der Waals surface area contributed by atoms with E-state index in [1.165, 1.54) is 12.8 Å². The van der Waals surface area contributed by atoms with Crippen LogP contribution >= 0.6 is 0 Å². The Hall–Kier alpha value is -1.26. The maximum Gasteiger partial charge on any atom is 0.317 e. The number of amides is 2. The quantitative estimate of drug-likeness (QED) is 0.676. The van der Waals surface area contributed by atoms with E-state index < -0.39 is 5.97 Å². The Balaban J connectivity index is 2.20. The molecule has 5 heteroatoms. The molecule has 1 fully saturated rings. The number of piperidine rings is 1. The number of rotatable bonds is 8. The number of aliphatic carboxylic acids is 1. The van der Waals surface area contributed by atoms with Gasteiger partial charge in [0.25, 0.3) is 0 Å². The monoisotopic (exact) mass is 298 g/mol. The Morgan fingerprint density at radius 1 is 1.29 bits per heavy atom. The van der Waals surface area contributed by atoms with E-state index in [-0.39, 0.29) is 18.5 Å². The molecule has 21 heavy (non-hydrogen) atoms. The van der Waals surface area contributed by atoms with Gasteiger partial charge in [-0.05, 0) is 38.5 Å². The minimum Gasteiger partial charge on any atom is -0.481 e. The lowest BCUT2D eigenvalue weighted by Crippen LogP contribution is -2.47. The van der Waals surface area contributed by atoms with Crippen molar-refractivity contribution in [2.75, 3.05) is 13.1 Å². The van der Waals surface area contributed by atoms with Crippen LogP contribution in [0.15, 0.2) is 0 Å². The number of carbonyl (C=O) groups is 2. The lowest BCUT2D eigenvalue weighted by molar-refractivity contribution is -0.137. The van der Waals surface area contributed by atoms with Gasteiger partial charge < -0.3 is 15.3 Å². The Morgan fingerprint density at radius 2 is 1.95 bits per heavy atom. The largest absolute Gasteiger partial charge is 0.481 e. The molecule has 0 aromatic heterocycles. The highest BCUT2D eigenvalue weighted by molar-refractivity contribution is 5.74. The normalized spacial score (nSPS) is 17.5. The molecular formula is C16H30N2O3. The fraction of sp³-hybridized carbons (Fsp3) is 0.875. The minimum absolute atomic E-state index is 0.0377. The average Bonchev–Trinajstić information content (AvgIpc) is 2.45. The van der Waals surface area contributed by atoms with E-state index in [4.69, 9.17) is 5.11 Å². The van der Waals surface area contributed by atoms with Gasteiger partial charge in [0.05, 0.1) is 0 Å². The maximum absolute atomic E-state index is 12.1. The van der Waals surface area contributed by atoms with E-state index in [0.717, 1.165) is 45.2 Å². The van der Waals surface area contributed by atoms with Crippen LogP contribution in [0.2, 0.25) is 0 Å². The fourth-order valence-electron chi connectivity index (χ4n) is 2.83. The topological polar surface area (TPSA) is 69.6 Å². The number of nitrogens with zero attached hydrogens (tertiary/aromatic N) is 1. The number of nitrogens with one attached hydrogen (secondary N) is 1. The Kier molecular flexibility index (Phi) is 8.16. The predicted octanol–water partition coefficient (Wildman–Crippen LogP) is 3.24. The van der Waals surface area contributed by atoms with Gasteiger partial charge in [0.2, 0.25) is 0 Å². The van der Waals surface area contributed by atoms with Crippen molar-refractivity contribution in [1.82, 2.24) is 10.2 Å². The van der Waals surface area contributed by atoms with Crippen LogP contribution in [0.1, 0.15) is 65.2 Å². The van der Waals surface area contributed by atoms with Crippen molar-refractivity contribution in [2.24, 2.45) is 5.92 Å². The van der Waals surface area contributed by atoms with Gasteiger partial charge in [-0.25, -0.2) is 4.79 Å². The molecule has 0 saturated carbocycles. The summed E-state index contributed by atoms with van der Waals surface area (Å²) in [7, 11) is 0. The van der Waals surface area contributed by atoms with Gasteiger partial charge in [-0.1, -0.05) is 26.2 Å². The van der Waals surface area contributed by atoms with Crippen LogP contribution in [0.25, 0.3) is 0 Å². The molecular weight excluding hydrogens is 268 g/mol. The van der Waals surface area contributed by atoms with Gasteiger partial charge in [-0.2, -0.15) is 0 Å². The molecule has 5 nitrogen and oxygen atoms in total. The summed E-state index contributed by atoms with van der Waals surface area (Å²) in [5.74, 6) is -0.275. The molecule has 1 saturated heterocycles. The Labute approximate surface area is 128 Å². The second kappa shape index (κ2) is 9.64. The van der Waals surface area contributed by atoms with Crippen molar-refractivity contribution in [2.45, 2.75) is 71.3 Å². The van der Waals surface area contributed by atoms with Crippen molar-refractivity contribution in [3.8, 4) is 0 Å². The van der Waals surface area contributed by atoms with Crippen LogP contribution in [0, 0.1) is 5.92 Å². The molecule has 0 aromatic carbocycles. The van der Waals surface area contributed by atoms with Crippen molar-refractivity contribution < 1.29 is 14.7 Å². The van der Waals surface area contributed by atoms with Gasteiger partial charge >= 0.3 is 12.0 Å². The smallest absolute Gasteiger partial charge is 0.317 e. The molecule has 1 aliphatic rings. The number of carboxylic acid groups (broad SMARTS) is 1. The van der Waals surface area contributed by atoms with Crippen LogP contribution in [0.4, 0.5) is 4.79 Å². The number of unbranched alkanes of at least 4 members (excludes halogenated alkanes) is 2. The van der Waals surface area contributed by atoms with Crippen molar-refractivity contribution >= 4 is 12.0 Å². The molecule has 2 amide bonds. The summed E-state index contributed by atoms with van der Waals surface area (Å²) < 4.78 is 0. The third kappa shape index (κ3) is 7.34. The van der Waals surface area contributed by atoms with Crippen LogP contribution in [-0.4, -0.2) is 41.1 Å². The lowest BCUT2D eigenvalue weighted by Gasteiger charge is -2.32. The third-order valence-electron chi connectivity index (χ3n) is 4.28. The molecule has 1 heterocycles. The SMILES string of the molecule is CCCCCC(C)NC(=O)N1CCC(CCC(=O)O)CC1. The molecule has 1 aliphatic heterocycles. The van der Waals surface area contributed by atoms with E-state index in [9.17, 15) is 9.59 Å². The van der Waals surface area contributed by atoms with Crippen molar-refractivity contribution in [3.63, 3.8) is 0 Å². The van der Waals surface area contributed by atoms with E-state index >= 15 is 0 Å². The average molecular weight is 298 g/mol. The van der Waals surface area contributed by atoms with E-state index in [1.807, 2.05) is 4.90 Å². The van der Waals surface area contributed by atoms with Gasteiger partial charge in [-0.15, -0.1) is 0 Å². The van der Waals surface area contributed by atoms with Crippen LogP contribution in [-0.2, 0) is 4.79 Å². The number of urea groups is 1. The first-order chi connectivity index (χ1) is 10.0. The lowest BCUT2D eigenvalue weighted by atomic mass is 9.92.